The van der Waals surface area contributed by atoms with Gasteiger partial charge in [0.05, 0.1) is 5.75 Å². The first-order valence-electron chi connectivity index (χ1n) is 11.4. The maximum Gasteiger partial charge on any atom is 0.225 e. The van der Waals surface area contributed by atoms with E-state index < -0.39 is 10.0 Å². The third-order valence-electron chi connectivity index (χ3n) is 6.62. The van der Waals surface area contributed by atoms with E-state index in [0.717, 1.165) is 18.7 Å². The Balaban J connectivity index is 1.48. The summed E-state index contributed by atoms with van der Waals surface area (Å²) in [6.07, 6.45) is 2.55. The van der Waals surface area contributed by atoms with E-state index in [1.165, 1.54) is 4.31 Å². The predicted octanol–water partition coefficient (Wildman–Crippen LogP) is 2.34. The molecule has 2 heterocycles. The molecule has 172 valence electrons. The van der Waals surface area contributed by atoms with Crippen LogP contribution in [0.2, 0.25) is 0 Å². The molecular weight excluding hydrogens is 414 g/mol. The van der Waals surface area contributed by atoms with Crippen LogP contribution in [0.15, 0.2) is 30.3 Å². The zero-order chi connectivity index (χ0) is 22.4. The minimum absolute atomic E-state index is 0.000529. The summed E-state index contributed by atoms with van der Waals surface area (Å²) in [6, 6.07) is 9.20. The smallest absolute Gasteiger partial charge is 0.225 e. The van der Waals surface area contributed by atoms with Gasteiger partial charge in [0.25, 0.3) is 0 Å². The minimum atomic E-state index is -3.37. The molecule has 7 nitrogen and oxygen atoms in total. The number of likely N-dealkylation sites (tertiary alicyclic amines) is 1. The van der Waals surface area contributed by atoms with Crippen molar-refractivity contribution in [2.75, 3.05) is 39.3 Å². The second kappa shape index (κ2) is 10.6. The van der Waals surface area contributed by atoms with E-state index >= 15 is 0 Å². The molecule has 0 aliphatic carbocycles. The molecule has 31 heavy (non-hydrogen) atoms. The van der Waals surface area contributed by atoms with Gasteiger partial charge in [-0.2, -0.15) is 0 Å². The standard InChI is InChI=1S/C23H35N3O4S/c1-3-24(4-2)22(27)20-10-14-25(15-11-20)23(28)21-12-16-26(17-13-21)31(29,30)18-19-8-6-5-7-9-19/h5-9,20-21H,3-4,10-18H2,1-2H3. The lowest BCUT2D eigenvalue weighted by molar-refractivity contribution is -0.143. The molecule has 0 saturated carbocycles. The summed E-state index contributed by atoms with van der Waals surface area (Å²) >= 11 is 0. The van der Waals surface area contributed by atoms with Crippen LogP contribution in [-0.2, 0) is 25.4 Å². The Labute approximate surface area is 186 Å². The van der Waals surface area contributed by atoms with E-state index in [1.807, 2.05) is 54.0 Å². The van der Waals surface area contributed by atoms with Crippen LogP contribution in [0.1, 0.15) is 45.1 Å². The third kappa shape index (κ3) is 5.86. The maximum absolute atomic E-state index is 13.0. The van der Waals surface area contributed by atoms with E-state index in [4.69, 9.17) is 0 Å². The molecule has 8 heteroatoms. The molecule has 2 saturated heterocycles. The second-order valence-corrected chi connectivity index (χ2v) is 10.5. The van der Waals surface area contributed by atoms with Gasteiger partial charge in [0.2, 0.25) is 21.8 Å². The summed E-state index contributed by atoms with van der Waals surface area (Å²) in [5.74, 6) is 0.204. The Morgan fingerprint density at radius 1 is 0.903 bits per heavy atom. The van der Waals surface area contributed by atoms with Crippen molar-refractivity contribution in [2.24, 2.45) is 11.8 Å². The van der Waals surface area contributed by atoms with Gasteiger partial charge in [-0.15, -0.1) is 0 Å². The van der Waals surface area contributed by atoms with Crippen molar-refractivity contribution >= 4 is 21.8 Å². The molecule has 2 fully saturated rings. The first kappa shape index (κ1) is 23.7. The molecule has 0 radical (unpaired) electrons. The molecule has 2 amide bonds. The van der Waals surface area contributed by atoms with Crippen LogP contribution in [0.25, 0.3) is 0 Å². The van der Waals surface area contributed by atoms with Crippen LogP contribution < -0.4 is 0 Å². The van der Waals surface area contributed by atoms with Gasteiger partial charge in [-0.1, -0.05) is 30.3 Å². The van der Waals surface area contributed by atoms with Crippen LogP contribution in [0.3, 0.4) is 0 Å². The fourth-order valence-electron chi connectivity index (χ4n) is 4.66. The average molecular weight is 450 g/mol. The van der Waals surface area contributed by atoms with Crippen molar-refractivity contribution in [1.29, 1.82) is 0 Å². The van der Waals surface area contributed by atoms with E-state index in [2.05, 4.69) is 0 Å². The summed E-state index contributed by atoms with van der Waals surface area (Å²) in [6.45, 7) is 7.44. The molecule has 0 N–H and O–H groups in total. The zero-order valence-electron chi connectivity index (χ0n) is 18.7. The van der Waals surface area contributed by atoms with Crippen LogP contribution in [0, 0.1) is 11.8 Å². The number of carbonyl (C=O) groups is 2. The molecule has 1 aromatic rings. The molecule has 0 bridgehead atoms. The molecular formula is C23H35N3O4S. The number of piperidine rings is 2. The third-order valence-corrected chi connectivity index (χ3v) is 8.47. The first-order valence-corrected chi connectivity index (χ1v) is 13.1. The molecule has 2 aliphatic heterocycles. The van der Waals surface area contributed by atoms with E-state index in [-0.39, 0.29) is 29.4 Å². The van der Waals surface area contributed by atoms with E-state index in [0.29, 0.717) is 51.9 Å². The molecule has 1 aromatic carbocycles. The normalized spacial score (nSPS) is 19.4. The highest BCUT2D eigenvalue weighted by Crippen LogP contribution is 2.26. The summed E-state index contributed by atoms with van der Waals surface area (Å²) in [5.41, 5.74) is 0.780. The number of hydrogen-bond acceptors (Lipinski definition) is 4. The number of rotatable bonds is 7. The largest absolute Gasteiger partial charge is 0.343 e. The van der Waals surface area contributed by atoms with Crippen molar-refractivity contribution in [2.45, 2.75) is 45.3 Å². The zero-order valence-corrected chi connectivity index (χ0v) is 19.5. The number of benzene rings is 1. The fourth-order valence-corrected chi connectivity index (χ4v) is 6.22. The highest BCUT2D eigenvalue weighted by Gasteiger charge is 2.35. The number of carbonyl (C=O) groups excluding carboxylic acids is 2. The van der Waals surface area contributed by atoms with Gasteiger partial charge in [-0.3, -0.25) is 9.59 Å². The van der Waals surface area contributed by atoms with Crippen molar-refractivity contribution < 1.29 is 18.0 Å². The van der Waals surface area contributed by atoms with Gasteiger partial charge >= 0.3 is 0 Å². The Morgan fingerprint density at radius 2 is 1.45 bits per heavy atom. The predicted molar refractivity (Wildman–Crippen MR) is 121 cm³/mol. The van der Waals surface area contributed by atoms with Crippen molar-refractivity contribution in [3.8, 4) is 0 Å². The Bertz CT molecular complexity index is 839. The lowest BCUT2D eigenvalue weighted by atomic mass is 9.92. The number of hydrogen-bond donors (Lipinski definition) is 0. The second-order valence-electron chi connectivity index (χ2n) is 8.53. The van der Waals surface area contributed by atoms with Crippen LogP contribution in [-0.4, -0.2) is 73.6 Å². The van der Waals surface area contributed by atoms with Gasteiger partial charge in [0.1, 0.15) is 0 Å². The Hall–Kier alpha value is -1.93. The number of sulfonamides is 1. The summed E-state index contributed by atoms with van der Waals surface area (Å²) in [4.78, 5) is 29.3. The summed E-state index contributed by atoms with van der Waals surface area (Å²) < 4.78 is 27.0. The van der Waals surface area contributed by atoms with Gasteiger partial charge in [-0.05, 0) is 45.1 Å². The highest BCUT2D eigenvalue weighted by molar-refractivity contribution is 7.88. The van der Waals surface area contributed by atoms with Gasteiger partial charge in [-0.25, -0.2) is 12.7 Å². The average Bonchev–Trinajstić information content (AvgIpc) is 2.80. The molecule has 0 unspecified atom stereocenters. The molecule has 3 rings (SSSR count). The van der Waals surface area contributed by atoms with Gasteiger partial charge < -0.3 is 9.80 Å². The van der Waals surface area contributed by atoms with Crippen molar-refractivity contribution in [3.05, 3.63) is 35.9 Å². The summed E-state index contributed by atoms with van der Waals surface area (Å²) in [5, 5.41) is 0. The van der Waals surface area contributed by atoms with Crippen LogP contribution in [0.4, 0.5) is 0 Å². The SMILES string of the molecule is CCN(CC)C(=O)C1CCN(C(=O)C2CCN(S(=O)(=O)Cc3ccccc3)CC2)CC1. The number of nitrogens with zero attached hydrogens (tertiary/aromatic N) is 3. The van der Waals surface area contributed by atoms with Crippen LogP contribution >= 0.6 is 0 Å². The lowest BCUT2D eigenvalue weighted by Gasteiger charge is -2.37. The topological polar surface area (TPSA) is 78.0 Å². The quantitative estimate of drug-likeness (QED) is 0.640. The molecule has 0 atom stereocenters. The molecule has 0 aromatic heterocycles. The number of amides is 2. The van der Waals surface area contributed by atoms with E-state index in [9.17, 15) is 18.0 Å². The highest BCUT2D eigenvalue weighted by atomic mass is 32.2. The minimum Gasteiger partial charge on any atom is -0.343 e. The Kier molecular flexibility index (Phi) is 8.11. The lowest BCUT2D eigenvalue weighted by Crippen LogP contribution is -2.48. The fraction of sp³-hybridized carbons (Fsp3) is 0.652. The monoisotopic (exact) mass is 449 g/mol. The maximum atomic E-state index is 13.0. The van der Waals surface area contributed by atoms with Crippen molar-refractivity contribution in [1.82, 2.24) is 14.1 Å². The van der Waals surface area contributed by atoms with Gasteiger partial charge in [0.15, 0.2) is 0 Å². The van der Waals surface area contributed by atoms with Crippen molar-refractivity contribution in [3.63, 3.8) is 0 Å². The van der Waals surface area contributed by atoms with Crippen LogP contribution in [0.5, 0.6) is 0 Å². The van der Waals surface area contributed by atoms with E-state index in [1.54, 1.807) is 0 Å². The molecule has 0 spiro atoms. The summed E-state index contributed by atoms with van der Waals surface area (Å²) in [7, 11) is -3.37. The first-order chi connectivity index (χ1) is 14.9. The Morgan fingerprint density at radius 3 is 2.00 bits per heavy atom. The van der Waals surface area contributed by atoms with Gasteiger partial charge in [0, 0.05) is 51.1 Å². The molecule has 2 aliphatic rings.